The molecule has 2 N–H and O–H groups in total. The lowest BCUT2D eigenvalue weighted by molar-refractivity contribution is -0.384. The van der Waals surface area contributed by atoms with Gasteiger partial charge in [0.05, 0.1) is 22.8 Å². The van der Waals surface area contributed by atoms with Gasteiger partial charge in [0.1, 0.15) is 17.3 Å². The van der Waals surface area contributed by atoms with E-state index in [9.17, 15) is 28.5 Å². The van der Waals surface area contributed by atoms with Gasteiger partial charge in [0, 0.05) is 25.8 Å². The molecule has 29 heavy (non-hydrogen) atoms. The first-order chi connectivity index (χ1) is 13.8. The third-order valence-corrected chi connectivity index (χ3v) is 3.59. The second-order valence-corrected chi connectivity index (χ2v) is 5.66. The molecule has 2 aromatic rings. The monoisotopic (exact) mass is 409 g/mol. The number of carbonyl (C=O) groups excluding carboxylic acids is 2. The smallest absolute Gasteiger partial charge is 0.338 e. The minimum absolute atomic E-state index is 0.154. The lowest BCUT2D eigenvalue weighted by Crippen LogP contribution is -2.21. The van der Waals surface area contributed by atoms with E-state index >= 15 is 0 Å². The van der Waals surface area contributed by atoms with Crippen molar-refractivity contribution >= 4 is 28.9 Å². The molecule has 0 atom stereocenters. The number of halogens is 2. The Morgan fingerprint density at radius 1 is 1.14 bits per heavy atom. The quantitative estimate of drug-likeness (QED) is 0.283. The topological polar surface area (TPSA) is 120 Å². The average molecular weight is 409 g/mol. The minimum atomic E-state index is -0.994. The first-order valence-electron chi connectivity index (χ1n) is 8.25. The van der Waals surface area contributed by atoms with Gasteiger partial charge >= 0.3 is 5.97 Å². The van der Waals surface area contributed by atoms with Crippen LogP contribution in [0.5, 0.6) is 0 Å². The van der Waals surface area contributed by atoms with E-state index < -0.39 is 40.7 Å². The summed E-state index contributed by atoms with van der Waals surface area (Å²) >= 11 is 0. The molecule has 0 saturated carbocycles. The number of ether oxygens (including phenoxy) is 2. The molecular formula is C18H17F2N3O6. The van der Waals surface area contributed by atoms with Gasteiger partial charge in [0.25, 0.3) is 11.6 Å². The fourth-order valence-corrected chi connectivity index (χ4v) is 2.24. The second-order valence-electron chi connectivity index (χ2n) is 5.66. The SMILES string of the molecule is COCCNc1ccc(C(=O)OCC(=O)Nc2cc(F)ccc2F)cc1[N+](=O)[O-]. The molecule has 154 valence electrons. The molecule has 11 heteroatoms. The Hall–Kier alpha value is -3.60. The fourth-order valence-electron chi connectivity index (χ4n) is 2.24. The van der Waals surface area contributed by atoms with Crippen molar-refractivity contribution in [3.05, 3.63) is 63.7 Å². The molecule has 0 saturated heterocycles. The molecule has 0 aliphatic heterocycles. The molecule has 0 aliphatic carbocycles. The molecule has 0 aromatic heterocycles. The van der Waals surface area contributed by atoms with Gasteiger partial charge in [-0.15, -0.1) is 0 Å². The van der Waals surface area contributed by atoms with Crippen LogP contribution in [0.15, 0.2) is 36.4 Å². The predicted octanol–water partition coefficient (Wildman–Crippen LogP) is 2.73. The zero-order valence-corrected chi connectivity index (χ0v) is 15.2. The van der Waals surface area contributed by atoms with E-state index in [2.05, 4.69) is 10.6 Å². The van der Waals surface area contributed by atoms with Crippen LogP contribution in [-0.4, -0.2) is 43.7 Å². The molecule has 9 nitrogen and oxygen atoms in total. The normalized spacial score (nSPS) is 10.3. The Kier molecular flexibility index (Phi) is 7.54. The van der Waals surface area contributed by atoms with Crippen LogP contribution in [0.1, 0.15) is 10.4 Å². The predicted molar refractivity (Wildman–Crippen MR) is 98.7 cm³/mol. The summed E-state index contributed by atoms with van der Waals surface area (Å²) in [5.74, 6) is -3.52. The summed E-state index contributed by atoms with van der Waals surface area (Å²) in [4.78, 5) is 34.4. The lowest BCUT2D eigenvalue weighted by atomic mass is 10.1. The maximum atomic E-state index is 13.5. The number of esters is 1. The molecule has 0 fully saturated rings. The van der Waals surface area contributed by atoms with Crippen molar-refractivity contribution in [2.24, 2.45) is 0 Å². The molecule has 2 rings (SSSR count). The number of hydrogen-bond donors (Lipinski definition) is 2. The van der Waals surface area contributed by atoms with Gasteiger partial charge in [0.15, 0.2) is 6.61 Å². The van der Waals surface area contributed by atoms with Crippen LogP contribution < -0.4 is 10.6 Å². The number of anilines is 2. The largest absolute Gasteiger partial charge is 0.452 e. The van der Waals surface area contributed by atoms with Crippen molar-refractivity contribution in [1.82, 2.24) is 0 Å². The van der Waals surface area contributed by atoms with Crippen molar-refractivity contribution in [3.63, 3.8) is 0 Å². The number of methoxy groups -OCH3 is 1. The Balaban J connectivity index is 2.00. The standard InChI is InChI=1S/C18H17F2N3O6/c1-28-7-6-21-14-5-2-11(8-16(14)23(26)27)18(25)29-10-17(24)22-15-9-12(19)3-4-13(15)20/h2-5,8-9,21H,6-7,10H2,1H3,(H,22,24). The second kappa shape index (κ2) is 10.1. The van der Waals surface area contributed by atoms with E-state index in [1.807, 2.05) is 0 Å². The summed E-state index contributed by atoms with van der Waals surface area (Å²) in [6.45, 7) is -0.156. The fraction of sp³-hybridized carbons (Fsp3) is 0.222. The number of rotatable bonds is 9. The maximum Gasteiger partial charge on any atom is 0.338 e. The van der Waals surface area contributed by atoms with Crippen LogP contribution in [0.4, 0.5) is 25.8 Å². The number of nitro benzene ring substituents is 1. The molecule has 2 aromatic carbocycles. The van der Waals surface area contributed by atoms with Crippen LogP contribution in [0.2, 0.25) is 0 Å². The Bertz CT molecular complexity index is 922. The number of nitrogens with zero attached hydrogens (tertiary/aromatic N) is 1. The number of benzene rings is 2. The molecule has 0 spiro atoms. The van der Waals surface area contributed by atoms with Crippen molar-refractivity contribution in [2.75, 3.05) is 37.5 Å². The average Bonchev–Trinajstić information content (AvgIpc) is 2.69. The number of hydrogen-bond acceptors (Lipinski definition) is 7. The van der Waals surface area contributed by atoms with E-state index in [4.69, 9.17) is 9.47 Å². The van der Waals surface area contributed by atoms with Crippen LogP contribution in [0.25, 0.3) is 0 Å². The van der Waals surface area contributed by atoms with Gasteiger partial charge < -0.3 is 20.1 Å². The van der Waals surface area contributed by atoms with E-state index in [1.165, 1.54) is 19.2 Å². The summed E-state index contributed by atoms with van der Waals surface area (Å²) in [5.41, 5.74) is -0.739. The molecule has 0 heterocycles. The molecular weight excluding hydrogens is 392 g/mol. The highest BCUT2D eigenvalue weighted by Gasteiger charge is 2.19. The maximum absolute atomic E-state index is 13.5. The molecule has 0 radical (unpaired) electrons. The van der Waals surface area contributed by atoms with E-state index in [-0.39, 0.29) is 16.9 Å². The zero-order chi connectivity index (χ0) is 21.4. The molecule has 0 aliphatic rings. The Morgan fingerprint density at radius 2 is 1.90 bits per heavy atom. The zero-order valence-electron chi connectivity index (χ0n) is 15.2. The van der Waals surface area contributed by atoms with Gasteiger partial charge in [0.2, 0.25) is 0 Å². The Morgan fingerprint density at radius 3 is 2.59 bits per heavy atom. The van der Waals surface area contributed by atoms with Gasteiger partial charge in [-0.1, -0.05) is 0 Å². The number of amides is 1. The van der Waals surface area contributed by atoms with Gasteiger partial charge in [-0.25, -0.2) is 13.6 Å². The highest BCUT2D eigenvalue weighted by molar-refractivity contribution is 5.96. The van der Waals surface area contributed by atoms with Gasteiger partial charge in [-0.05, 0) is 24.3 Å². The van der Waals surface area contributed by atoms with Crippen molar-refractivity contribution < 1.29 is 32.8 Å². The van der Waals surface area contributed by atoms with Crippen LogP contribution in [0.3, 0.4) is 0 Å². The first-order valence-corrected chi connectivity index (χ1v) is 8.25. The van der Waals surface area contributed by atoms with Crippen molar-refractivity contribution in [3.8, 4) is 0 Å². The van der Waals surface area contributed by atoms with Crippen LogP contribution in [0, 0.1) is 21.7 Å². The number of nitrogens with one attached hydrogen (secondary N) is 2. The molecule has 0 bridgehead atoms. The van der Waals surface area contributed by atoms with Crippen molar-refractivity contribution in [2.45, 2.75) is 0 Å². The lowest BCUT2D eigenvalue weighted by Gasteiger charge is -2.09. The third kappa shape index (κ3) is 6.21. The summed E-state index contributed by atoms with van der Waals surface area (Å²) in [6, 6.07) is 6.10. The van der Waals surface area contributed by atoms with E-state index in [0.717, 1.165) is 24.3 Å². The van der Waals surface area contributed by atoms with Crippen LogP contribution in [-0.2, 0) is 14.3 Å². The number of nitro groups is 1. The first kappa shape index (κ1) is 21.7. The number of carbonyl (C=O) groups is 2. The van der Waals surface area contributed by atoms with Gasteiger partial charge in [-0.3, -0.25) is 14.9 Å². The molecule has 0 unspecified atom stereocenters. The van der Waals surface area contributed by atoms with E-state index in [0.29, 0.717) is 13.2 Å². The third-order valence-electron chi connectivity index (χ3n) is 3.59. The summed E-state index contributed by atoms with van der Waals surface area (Å²) in [5, 5.41) is 16.1. The summed E-state index contributed by atoms with van der Waals surface area (Å²) < 4.78 is 36.2. The van der Waals surface area contributed by atoms with E-state index in [1.54, 1.807) is 0 Å². The molecule has 1 amide bonds. The summed E-state index contributed by atoms with van der Waals surface area (Å²) in [7, 11) is 1.48. The van der Waals surface area contributed by atoms with Crippen molar-refractivity contribution in [1.29, 1.82) is 0 Å². The highest BCUT2D eigenvalue weighted by Crippen LogP contribution is 2.25. The Labute approximate surface area is 163 Å². The highest BCUT2D eigenvalue weighted by atomic mass is 19.1. The summed E-state index contributed by atoms with van der Waals surface area (Å²) in [6.07, 6.45) is 0. The van der Waals surface area contributed by atoms with Gasteiger partial charge in [-0.2, -0.15) is 0 Å². The van der Waals surface area contributed by atoms with Crippen LogP contribution >= 0.6 is 0 Å². The minimum Gasteiger partial charge on any atom is -0.452 e.